The van der Waals surface area contributed by atoms with Crippen LogP contribution in [0.15, 0.2) is 0 Å². The van der Waals surface area contributed by atoms with Crippen LogP contribution in [-0.2, 0) is 4.74 Å². The summed E-state index contributed by atoms with van der Waals surface area (Å²) >= 11 is 0. The van der Waals surface area contributed by atoms with Gasteiger partial charge in [0, 0.05) is 31.3 Å². The van der Waals surface area contributed by atoms with Crippen LogP contribution in [0.3, 0.4) is 0 Å². The van der Waals surface area contributed by atoms with Crippen LogP contribution >= 0.6 is 0 Å². The molecule has 0 radical (unpaired) electrons. The number of hydrogen-bond acceptors (Lipinski definition) is 6. The fourth-order valence-corrected chi connectivity index (χ4v) is 5.54. The summed E-state index contributed by atoms with van der Waals surface area (Å²) < 4.78 is 25.9. The van der Waals surface area contributed by atoms with E-state index in [2.05, 4.69) is 21.4 Å². The summed E-state index contributed by atoms with van der Waals surface area (Å²) in [6, 6.07) is 0.165. The second-order valence-electron chi connectivity index (χ2n) is 9.04. The number of aromatic nitrogens is 2. The summed E-state index contributed by atoms with van der Waals surface area (Å²) in [6.45, 7) is 8.77. The largest absolute Gasteiger partial charge is 0.461 e. The quantitative estimate of drug-likeness (QED) is 0.718. The lowest BCUT2D eigenvalue weighted by molar-refractivity contribution is -0.0306. The third kappa shape index (κ3) is 3.39. The Hall–Kier alpha value is -2.06. The summed E-state index contributed by atoms with van der Waals surface area (Å²) in [6.07, 6.45) is 5.64. The van der Waals surface area contributed by atoms with E-state index in [4.69, 9.17) is 9.47 Å². The molecule has 4 aliphatic heterocycles. The molecule has 4 atom stereocenters. The number of amides is 1. The van der Waals surface area contributed by atoms with E-state index >= 15 is 0 Å². The molecule has 0 saturated carbocycles. The highest BCUT2D eigenvalue weighted by Crippen LogP contribution is 2.40. The van der Waals surface area contributed by atoms with Crippen molar-refractivity contribution in [3.05, 3.63) is 16.3 Å². The Balaban J connectivity index is 1.39. The molecule has 1 aromatic heterocycles. The highest BCUT2D eigenvalue weighted by atomic mass is 19.1. The predicted octanol–water partition coefficient (Wildman–Crippen LogP) is 0.646. The van der Waals surface area contributed by atoms with Gasteiger partial charge in [-0.05, 0) is 39.2 Å². The molecule has 0 aromatic carbocycles. The maximum Gasteiger partial charge on any atom is 0.317 e. The molecule has 2 bridgehead atoms. The lowest BCUT2D eigenvalue weighted by atomic mass is 9.95. The number of fused-ring (bicyclic) bond motifs is 3. The lowest BCUT2D eigenvalue weighted by Gasteiger charge is -2.32. The Kier molecular flexibility index (Phi) is 5.01. The molecule has 1 aromatic rings. The van der Waals surface area contributed by atoms with Crippen molar-refractivity contribution in [1.82, 2.24) is 19.8 Å². The second kappa shape index (κ2) is 7.57. The van der Waals surface area contributed by atoms with Crippen molar-refractivity contribution in [1.29, 1.82) is 0 Å². The van der Waals surface area contributed by atoms with Gasteiger partial charge in [-0.25, -0.2) is 4.39 Å². The van der Waals surface area contributed by atoms with Gasteiger partial charge in [-0.15, -0.1) is 0 Å². The first-order valence-corrected chi connectivity index (χ1v) is 11.0. The van der Waals surface area contributed by atoms with Gasteiger partial charge in [-0.1, -0.05) is 12.7 Å². The van der Waals surface area contributed by atoms with Gasteiger partial charge in [0.25, 0.3) is 5.91 Å². The van der Waals surface area contributed by atoms with E-state index in [1.54, 1.807) is 0 Å². The van der Waals surface area contributed by atoms with Gasteiger partial charge in [0.15, 0.2) is 0 Å². The molecule has 0 spiro atoms. The van der Waals surface area contributed by atoms with Gasteiger partial charge in [0.05, 0.1) is 23.1 Å². The Morgan fingerprint density at radius 1 is 1.33 bits per heavy atom. The maximum atomic E-state index is 14.0. The molecule has 5 heterocycles. The van der Waals surface area contributed by atoms with Gasteiger partial charge >= 0.3 is 6.01 Å². The van der Waals surface area contributed by atoms with E-state index in [1.807, 2.05) is 17.9 Å². The second-order valence-corrected chi connectivity index (χ2v) is 9.04. The van der Waals surface area contributed by atoms with E-state index in [0.29, 0.717) is 43.2 Å². The van der Waals surface area contributed by atoms with Crippen molar-refractivity contribution >= 4 is 18.6 Å². The number of alkyl halides is 1. The number of morpholine rings is 1. The monoisotopic (exact) mass is 416 g/mol. The zero-order valence-corrected chi connectivity index (χ0v) is 17.5. The lowest BCUT2D eigenvalue weighted by Crippen LogP contribution is -2.49. The Morgan fingerprint density at radius 2 is 2.10 bits per heavy atom. The third-order valence-corrected chi connectivity index (χ3v) is 7.06. The van der Waals surface area contributed by atoms with Crippen molar-refractivity contribution in [3.63, 3.8) is 0 Å². The number of rotatable bonds is 4. The van der Waals surface area contributed by atoms with Gasteiger partial charge in [0.1, 0.15) is 18.5 Å². The number of likely N-dealkylation sites (tertiary alicyclic amines) is 1. The van der Waals surface area contributed by atoms with Crippen molar-refractivity contribution in [2.45, 2.75) is 62.9 Å². The van der Waals surface area contributed by atoms with Crippen LogP contribution in [-0.4, -0.2) is 82.4 Å². The smallest absolute Gasteiger partial charge is 0.317 e. The first-order valence-electron chi connectivity index (χ1n) is 11.0. The summed E-state index contributed by atoms with van der Waals surface area (Å²) in [4.78, 5) is 26.2. The van der Waals surface area contributed by atoms with E-state index in [-0.39, 0.29) is 35.4 Å². The molecule has 30 heavy (non-hydrogen) atoms. The fraction of sp³-hybridized carbons (Fsp3) is 0.682. The first kappa shape index (κ1) is 19.9. The molecule has 4 aliphatic rings. The van der Waals surface area contributed by atoms with Gasteiger partial charge < -0.3 is 14.4 Å². The molecule has 1 unspecified atom stereocenters. The van der Waals surface area contributed by atoms with Crippen LogP contribution in [0.1, 0.15) is 49.5 Å². The summed E-state index contributed by atoms with van der Waals surface area (Å²) in [5.74, 6) is -0.152. The van der Waals surface area contributed by atoms with Crippen LogP contribution in [0.2, 0.25) is 0 Å². The number of hydrogen-bond donors (Lipinski definition) is 0. The van der Waals surface area contributed by atoms with Crippen LogP contribution in [0.25, 0.3) is 12.7 Å². The highest BCUT2D eigenvalue weighted by molar-refractivity contribution is 5.92. The zero-order chi connectivity index (χ0) is 20.9. The third-order valence-electron chi connectivity index (χ3n) is 7.06. The topological polar surface area (TPSA) is 67.8 Å². The van der Waals surface area contributed by atoms with E-state index in [1.165, 1.54) is 0 Å². The van der Waals surface area contributed by atoms with E-state index in [9.17, 15) is 9.18 Å². The summed E-state index contributed by atoms with van der Waals surface area (Å²) in [5, 5.41) is 1.11. The molecule has 1 amide bonds. The molecule has 8 heteroatoms. The number of ether oxygens (including phenoxy) is 2. The molecule has 162 valence electrons. The van der Waals surface area contributed by atoms with E-state index in [0.717, 1.165) is 32.2 Å². The van der Waals surface area contributed by atoms with Crippen LogP contribution in [0.5, 0.6) is 6.01 Å². The minimum atomic E-state index is -0.814. The molecule has 4 saturated heterocycles. The number of carbonyl (C=O) groups excluding carboxylic acids is 1. The van der Waals surface area contributed by atoms with Crippen LogP contribution in [0, 0.1) is 0 Å². The van der Waals surface area contributed by atoms with Gasteiger partial charge in [-0.2, -0.15) is 9.97 Å². The van der Waals surface area contributed by atoms with Crippen LogP contribution in [0.4, 0.5) is 4.39 Å². The van der Waals surface area contributed by atoms with Crippen LogP contribution < -0.4 is 15.3 Å². The van der Waals surface area contributed by atoms with E-state index < -0.39 is 6.17 Å². The maximum absolute atomic E-state index is 14.0. The number of carbonyl (C=O) groups is 1. The Bertz CT molecular complexity index is 944. The number of halogens is 1. The van der Waals surface area contributed by atoms with Gasteiger partial charge in [-0.3, -0.25) is 9.69 Å². The summed E-state index contributed by atoms with van der Waals surface area (Å²) in [7, 11) is 0. The zero-order valence-electron chi connectivity index (χ0n) is 17.5. The van der Waals surface area contributed by atoms with Crippen molar-refractivity contribution in [2.75, 3.05) is 32.8 Å². The first-order chi connectivity index (χ1) is 14.5. The molecule has 5 rings (SSSR count). The fourth-order valence-electron chi connectivity index (χ4n) is 5.54. The molecule has 4 fully saturated rings. The Labute approximate surface area is 175 Å². The SMILES string of the molecule is C=c1c(C(=O)N2C[C@H]3CC[C@@H](C2)O3)nc(OCC23CCCN2C[C@H](F)C3)n/c1=C\C. The standard InChI is InChI=1S/C22H29FN4O3/c1-3-18-14(2)19(20(28)26-11-16-5-6-17(12-26)30-16)25-21(24-18)29-13-22-7-4-8-27(22)10-15(23)9-22/h3,15-17H,2,4-13H2,1H3/b18-3-/t15-,16-,17+,22?/m1/s1. The predicted molar refractivity (Wildman–Crippen MR) is 109 cm³/mol. The van der Waals surface area contributed by atoms with Gasteiger partial charge in [0.2, 0.25) is 0 Å². The average molecular weight is 416 g/mol. The highest BCUT2D eigenvalue weighted by Gasteiger charge is 2.49. The Morgan fingerprint density at radius 3 is 2.83 bits per heavy atom. The number of nitrogens with zero attached hydrogens (tertiary/aromatic N) is 4. The van der Waals surface area contributed by atoms with Crippen molar-refractivity contribution in [3.8, 4) is 6.01 Å². The molecule has 0 N–H and O–H groups in total. The van der Waals surface area contributed by atoms with Crippen molar-refractivity contribution in [2.24, 2.45) is 0 Å². The summed E-state index contributed by atoms with van der Waals surface area (Å²) in [5.41, 5.74) is 0.000216. The molecule has 0 aliphatic carbocycles. The average Bonchev–Trinajstić information content (AvgIpc) is 3.37. The molecule has 7 nitrogen and oxygen atoms in total. The van der Waals surface area contributed by atoms with Crippen molar-refractivity contribution < 1.29 is 18.7 Å². The molecular weight excluding hydrogens is 387 g/mol. The normalized spacial score (nSPS) is 33.9. The minimum Gasteiger partial charge on any atom is -0.461 e. The molecular formula is C22H29FN4O3. The minimum absolute atomic E-state index is 0.110.